The Kier molecular flexibility index (Phi) is 4.93. The first kappa shape index (κ1) is 14.0. The van der Waals surface area contributed by atoms with Gasteiger partial charge in [-0.05, 0) is 19.7 Å². The van der Waals surface area contributed by atoms with Crippen LogP contribution in [0.2, 0.25) is 0 Å². The van der Waals surface area contributed by atoms with E-state index in [0.717, 1.165) is 12.1 Å². The van der Waals surface area contributed by atoms with Crippen LogP contribution < -0.4 is 0 Å². The molecule has 1 aromatic carbocycles. The monoisotopic (exact) mass is 262 g/mol. The lowest BCUT2D eigenvalue weighted by atomic mass is 10.1. The molecule has 1 aliphatic heterocycles. The van der Waals surface area contributed by atoms with Gasteiger partial charge in [0.25, 0.3) is 0 Å². The van der Waals surface area contributed by atoms with Gasteiger partial charge >= 0.3 is 0 Å². The predicted octanol–water partition coefficient (Wildman–Crippen LogP) is 1.02. The molecule has 4 heteroatoms. The maximum atomic E-state index is 12.4. The summed E-state index contributed by atoms with van der Waals surface area (Å²) in [5.41, 5.74) is 1.07. The van der Waals surface area contributed by atoms with E-state index < -0.39 is 0 Å². The highest BCUT2D eigenvalue weighted by atomic mass is 16.5. The zero-order valence-corrected chi connectivity index (χ0v) is 11.7. The van der Waals surface area contributed by atoms with E-state index in [9.17, 15) is 4.79 Å². The Morgan fingerprint density at radius 1 is 1.37 bits per heavy atom. The van der Waals surface area contributed by atoms with Crippen LogP contribution in [0.5, 0.6) is 0 Å². The molecule has 1 aliphatic rings. The normalized spacial score (nSPS) is 19.7. The zero-order chi connectivity index (χ0) is 13.7. The summed E-state index contributed by atoms with van der Waals surface area (Å²) in [4.78, 5) is 16.5. The highest BCUT2D eigenvalue weighted by Gasteiger charge is 2.27. The van der Waals surface area contributed by atoms with Gasteiger partial charge in [0.15, 0.2) is 0 Å². The summed E-state index contributed by atoms with van der Waals surface area (Å²) in [7, 11) is 4.04. The van der Waals surface area contributed by atoms with Gasteiger partial charge in [-0.2, -0.15) is 0 Å². The van der Waals surface area contributed by atoms with Crippen LogP contribution in [0.1, 0.15) is 5.56 Å². The van der Waals surface area contributed by atoms with Crippen molar-refractivity contribution in [2.24, 2.45) is 0 Å². The maximum absolute atomic E-state index is 12.4. The molecule has 1 saturated heterocycles. The van der Waals surface area contributed by atoms with Crippen molar-refractivity contribution < 1.29 is 9.53 Å². The number of benzene rings is 1. The zero-order valence-electron chi connectivity index (χ0n) is 11.7. The molecule has 0 aromatic heterocycles. The Bertz CT molecular complexity index is 406. The lowest BCUT2D eigenvalue weighted by molar-refractivity contribution is -0.139. The number of likely N-dealkylation sites (N-methyl/N-ethyl adjacent to an activating group) is 1. The van der Waals surface area contributed by atoms with Crippen LogP contribution in [-0.4, -0.2) is 62.1 Å². The summed E-state index contributed by atoms with van der Waals surface area (Å²) in [5, 5.41) is 0. The third-order valence-electron chi connectivity index (χ3n) is 3.32. The summed E-state index contributed by atoms with van der Waals surface area (Å²) >= 11 is 0. The van der Waals surface area contributed by atoms with Crippen molar-refractivity contribution in [1.82, 2.24) is 9.80 Å². The Labute approximate surface area is 115 Å². The molecule has 19 heavy (non-hydrogen) atoms. The molecular weight excluding hydrogens is 240 g/mol. The fourth-order valence-corrected chi connectivity index (χ4v) is 2.43. The molecule has 1 amide bonds. The van der Waals surface area contributed by atoms with Gasteiger partial charge in [0.05, 0.1) is 25.7 Å². The van der Waals surface area contributed by atoms with E-state index >= 15 is 0 Å². The van der Waals surface area contributed by atoms with Crippen LogP contribution in [0.15, 0.2) is 30.3 Å². The predicted molar refractivity (Wildman–Crippen MR) is 75.0 cm³/mol. The summed E-state index contributed by atoms with van der Waals surface area (Å²) < 4.78 is 5.49. The Morgan fingerprint density at radius 3 is 2.79 bits per heavy atom. The van der Waals surface area contributed by atoms with Crippen molar-refractivity contribution in [2.75, 3.05) is 40.4 Å². The second-order valence-electron chi connectivity index (χ2n) is 5.24. The van der Waals surface area contributed by atoms with Gasteiger partial charge in [-0.25, -0.2) is 0 Å². The van der Waals surface area contributed by atoms with Gasteiger partial charge in [0, 0.05) is 13.1 Å². The van der Waals surface area contributed by atoms with Gasteiger partial charge in [-0.15, -0.1) is 0 Å². The standard InChI is InChI=1S/C15H22N2O2/c1-16(2)11-14-12-19-9-8-17(14)15(18)10-13-6-4-3-5-7-13/h3-7,14H,8-12H2,1-2H3/t14-/m0/s1. The molecule has 0 N–H and O–H groups in total. The largest absolute Gasteiger partial charge is 0.377 e. The molecule has 0 bridgehead atoms. The molecule has 0 radical (unpaired) electrons. The fraction of sp³-hybridized carbons (Fsp3) is 0.533. The second-order valence-corrected chi connectivity index (χ2v) is 5.24. The number of morpholine rings is 1. The van der Waals surface area contributed by atoms with Crippen molar-refractivity contribution in [1.29, 1.82) is 0 Å². The van der Waals surface area contributed by atoms with E-state index in [4.69, 9.17) is 4.74 Å². The molecule has 0 unspecified atom stereocenters. The fourth-order valence-electron chi connectivity index (χ4n) is 2.43. The molecule has 0 aliphatic carbocycles. The quantitative estimate of drug-likeness (QED) is 0.812. The third kappa shape index (κ3) is 4.04. The molecule has 1 fully saturated rings. The number of ether oxygens (including phenoxy) is 1. The smallest absolute Gasteiger partial charge is 0.227 e. The number of carbonyl (C=O) groups is 1. The number of amides is 1. The first-order chi connectivity index (χ1) is 9.16. The Morgan fingerprint density at radius 2 is 2.11 bits per heavy atom. The van der Waals surface area contributed by atoms with E-state index in [1.165, 1.54) is 0 Å². The molecule has 1 aromatic rings. The van der Waals surface area contributed by atoms with Crippen LogP contribution in [-0.2, 0) is 16.0 Å². The molecule has 1 heterocycles. The van der Waals surface area contributed by atoms with Crippen LogP contribution in [0.25, 0.3) is 0 Å². The van der Waals surface area contributed by atoms with Crippen LogP contribution in [0.4, 0.5) is 0 Å². The Balaban J connectivity index is 1.99. The molecule has 1 atom stereocenters. The van der Waals surface area contributed by atoms with Gasteiger partial charge in [0.2, 0.25) is 5.91 Å². The average Bonchev–Trinajstić information content (AvgIpc) is 2.39. The van der Waals surface area contributed by atoms with E-state index in [-0.39, 0.29) is 11.9 Å². The SMILES string of the molecule is CN(C)C[C@H]1COCCN1C(=O)Cc1ccccc1. The summed E-state index contributed by atoms with van der Waals surface area (Å²) in [6, 6.07) is 10.1. The highest BCUT2D eigenvalue weighted by molar-refractivity contribution is 5.79. The first-order valence-corrected chi connectivity index (χ1v) is 6.72. The van der Waals surface area contributed by atoms with Crippen LogP contribution in [0, 0.1) is 0 Å². The maximum Gasteiger partial charge on any atom is 0.227 e. The minimum Gasteiger partial charge on any atom is -0.377 e. The minimum atomic E-state index is 0.167. The van der Waals surface area contributed by atoms with E-state index in [1.54, 1.807) is 0 Å². The lowest BCUT2D eigenvalue weighted by Gasteiger charge is -2.37. The number of rotatable bonds is 4. The van der Waals surface area contributed by atoms with Crippen molar-refractivity contribution in [2.45, 2.75) is 12.5 Å². The van der Waals surface area contributed by atoms with Crippen molar-refractivity contribution in [3.8, 4) is 0 Å². The van der Waals surface area contributed by atoms with Gasteiger partial charge in [0.1, 0.15) is 0 Å². The van der Waals surface area contributed by atoms with Crippen molar-refractivity contribution in [3.05, 3.63) is 35.9 Å². The number of hydrogen-bond acceptors (Lipinski definition) is 3. The van der Waals surface area contributed by atoms with E-state index in [1.807, 2.05) is 49.3 Å². The summed E-state index contributed by atoms with van der Waals surface area (Å²) in [6.45, 7) is 2.83. The van der Waals surface area contributed by atoms with E-state index in [0.29, 0.717) is 26.2 Å². The van der Waals surface area contributed by atoms with Gasteiger partial charge in [-0.3, -0.25) is 4.79 Å². The number of nitrogens with zero attached hydrogens (tertiary/aromatic N) is 2. The van der Waals surface area contributed by atoms with Gasteiger partial charge in [-0.1, -0.05) is 30.3 Å². The average molecular weight is 262 g/mol. The molecule has 104 valence electrons. The third-order valence-corrected chi connectivity index (χ3v) is 3.32. The number of carbonyl (C=O) groups excluding carboxylic acids is 1. The number of hydrogen-bond donors (Lipinski definition) is 0. The van der Waals surface area contributed by atoms with Crippen molar-refractivity contribution in [3.63, 3.8) is 0 Å². The van der Waals surface area contributed by atoms with Crippen molar-refractivity contribution >= 4 is 5.91 Å². The van der Waals surface area contributed by atoms with Crippen LogP contribution >= 0.6 is 0 Å². The van der Waals surface area contributed by atoms with E-state index in [2.05, 4.69) is 4.90 Å². The minimum absolute atomic E-state index is 0.167. The molecule has 0 spiro atoms. The second kappa shape index (κ2) is 6.68. The van der Waals surface area contributed by atoms with Gasteiger partial charge < -0.3 is 14.5 Å². The first-order valence-electron chi connectivity index (χ1n) is 6.72. The molecular formula is C15H22N2O2. The highest BCUT2D eigenvalue weighted by Crippen LogP contribution is 2.11. The Hall–Kier alpha value is -1.39. The lowest BCUT2D eigenvalue weighted by Crippen LogP contribution is -2.53. The molecule has 2 rings (SSSR count). The van der Waals surface area contributed by atoms with Crippen LogP contribution in [0.3, 0.4) is 0 Å². The topological polar surface area (TPSA) is 32.8 Å². The molecule has 0 saturated carbocycles. The summed E-state index contributed by atoms with van der Waals surface area (Å²) in [5.74, 6) is 0.196. The summed E-state index contributed by atoms with van der Waals surface area (Å²) in [6.07, 6.45) is 0.477. The molecule has 4 nitrogen and oxygen atoms in total.